The molecule has 1 saturated heterocycles. The Balaban J connectivity index is 1.38. The molecular weight excluding hydrogens is 522 g/mol. The molecule has 2 aromatic heterocycles. The number of carbonyl (C=O) groups excluding carboxylic acids is 2. The van der Waals surface area contributed by atoms with E-state index in [1.54, 1.807) is 23.5 Å². The zero-order valence-electron chi connectivity index (χ0n) is 23.8. The average molecular weight is 560 g/mol. The van der Waals surface area contributed by atoms with Gasteiger partial charge in [0, 0.05) is 61.8 Å². The molecule has 0 bridgehead atoms. The molecule has 1 atom stereocenters. The smallest absolute Gasteiger partial charge is 0.410 e. The second-order valence-electron chi connectivity index (χ2n) is 11.3. The molecule has 0 radical (unpaired) electrons. The minimum absolute atomic E-state index is 0.0877. The van der Waals surface area contributed by atoms with Gasteiger partial charge >= 0.3 is 6.09 Å². The maximum Gasteiger partial charge on any atom is 0.410 e. The third kappa shape index (κ3) is 6.31. The summed E-state index contributed by atoms with van der Waals surface area (Å²) in [5.41, 5.74) is 16.9. The van der Waals surface area contributed by atoms with E-state index < -0.39 is 5.60 Å². The topological polar surface area (TPSA) is 150 Å². The Hall–Kier alpha value is -4.09. The minimum Gasteiger partial charge on any atom is -0.444 e. The van der Waals surface area contributed by atoms with Gasteiger partial charge in [0.1, 0.15) is 11.3 Å². The van der Waals surface area contributed by atoms with Crippen molar-refractivity contribution in [3.8, 4) is 11.3 Å². The lowest BCUT2D eigenvalue weighted by molar-refractivity contribution is 0.0149. The van der Waals surface area contributed by atoms with Gasteiger partial charge in [-0.2, -0.15) is 0 Å². The number of carbonyl (C=O) groups is 2. The quantitative estimate of drug-likeness (QED) is 0.431. The number of rotatable bonds is 6. The van der Waals surface area contributed by atoms with E-state index in [2.05, 4.69) is 19.9 Å². The molecule has 1 fully saturated rings. The summed E-state index contributed by atoms with van der Waals surface area (Å²) in [7, 11) is 0. The van der Waals surface area contributed by atoms with Crippen molar-refractivity contribution in [2.45, 2.75) is 45.3 Å². The Kier molecular flexibility index (Phi) is 8.18. The molecule has 5 rings (SSSR count). The third-order valence-electron chi connectivity index (χ3n) is 7.29. The van der Waals surface area contributed by atoms with Crippen LogP contribution in [0.3, 0.4) is 0 Å². The number of nitrogens with two attached hydrogens (primary N) is 2. The summed E-state index contributed by atoms with van der Waals surface area (Å²) in [5, 5.41) is 0. The van der Waals surface area contributed by atoms with Crippen molar-refractivity contribution in [3.63, 3.8) is 0 Å². The highest BCUT2D eigenvalue weighted by molar-refractivity contribution is 6.00. The number of hydrogen-bond donors (Lipinski definition) is 2. The predicted octanol–water partition coefficient (Wildman–Crippen LogP) is 3.18. The van der Waals surface area contributed by atoms with E-state index in [0.29, 0.717) is 31.9 Å². The highest BCUT2D eigenvalue weighted by atomic mass is 16.6. The van der Waals surface area contributed by atoms with Crippen LogP contribution in [0.15, 0.2) is 42.9 Å². The van der Waals surface area contributed by atoms with E-state index in [1.165, 1.54) is 0 Å². The Labute approximate surface area is 239 Å². The van der Waals surface area contributed by atoms with Gasteiger partial charge in [0.2, 0.25) is 0 Å². The lowest BCUT2D eigenvalue weighted by Crippen LogP contribution is -2.45. The molecule has 11 nitrogen and oxygen atoms in total. The highest BCUT2D eigenvalue weighted by Gasteiger charge is 2.33. The first kappa shape index (κ1) is 28.4. The fraction of sp³-hybridized carbons (Fsp3) is 0.433. The second kappa shape index (κ2) is 11.8. The number of pyridine rings is 1. The predicted molar refractivity (Wildman–Crippen MR) is 156 cm³/mol. The Bertz CT molecular complexity index is 1430. The number of fused-ring (bicyclic) bond motifs is 1. The van der Waals surface area contributed by atoms with Gasteiger partial charge in [-0.05, 0) is 50.5 Å². The fourth-order valence-electron chi connectivity index (χ4n) is 5.33. The summed E-state index contributed by atoms with van der Waals surface area (Å²) in [4.78, 5) is 43.4. The minimum atomic E-state index is -0.593. The number of ketones is 1. The van der Waals surface area contributed by atoms with E-state index >= 15 is 0 Å². The zero-order chi connectivity index (χ0) is 29.1. The number of hydrogen-bond acceptors (Lipinski definition) is 10. The number of nitrogen functional groups attached to an aromatic ring is 1. The largest absolute Gasteiger partial charge is 0.444 e. The summed E-state index contributed by atoms with van der Waals surface area (Å²) in [6.45, 7) is 9.08. The van der Waals surface area contributed by atoms with Crippen molar-refractivity contribution < 1.29 is 19.1 Å². The number of anilines is 2. The van der Waals surface area contributed by atoms with Gasteiger partial charge < -0.3 is 25.8 Å². The molecule has 0 saturated carbocycles. The van der Waals surface area contributed by atoms with Crippen LogP contribution in [0.5, 0.6) is 0 Å². The lowest BCUT2D eigenvalue weighted by atomic mass is 9.90. The molecule has 0 aliphatic carbocycles. The lowest BCUT2D eigenvalue weighted by Gasteiger charge is -2.37. The van der Waals surface area contributed by atoms with Gasteiger partial charge in [0.05, 0.1) is 31.1 Å². The number of ether oxygens (including phenoxy) is 2. The molecule has 41 heavy (non-hydrogen) atoms. The molecule has 216 valence electrons. The third-order valence-corrected chi connectivity index (χ3v) is 7.29. The second-order valence-corrected chi connectivity index (χ2v) is 11.3. The van der Waals surface area contributed by atoms with Crippen LogP contribution in [0.25, 0.3) is 11.3 Å². The summed E-state index contributed by atoms with van der Waals surface area (Å²) in [5.74, 6) is -0.141. The summed E-state index contributed by atoms with van der Waals surface area (Å²) in [6, 6.07) is 7.52. The molecule has 11 heteroatoms. The Morgan fingerprint density at radius 2 is 1.90 bits per heavy atom. The number of amides is 1. The monoisotopic (exact) mass is 559 g/mol. The molecular formula is C30H37N7O4. The first-order valence-electron chi connectivity index (χ1n) is 13.9. The number of Topliss-reactive ketones (excluding diaryl/α,β-unsaturated/α-hetero) is 1. The maximum absolute atomic E-state index is 13.5. The van der Waals surface area contributed by atoms with Crippen LogP contribution in [-0.4, -0.2) is 76.7 Å². The normalized spacial score (nSPS) is 17.2. The van der Waals surface area contributed by atoms with E-state index in [4.69, 9.17) is 20.9 Å². The van der Waals surface area contributed by atoms with Crippen LogP contribution in [0, 0.1) is 0 Å². The standard InChI is InChI=1S/C30H37N7O4/c1-30(2,3)41-29(39)37-9-7-19-14-20(4-5-22(19)25(37)16-31)23-18-34-28(32)27(35-23)26(38)15-21-17-33-8-6-24(21)36-10-12-40-13-11-36/h4-6,8,14,17-18,25H,7,9-13,15-16,31H2,1-3H3,(H2,32,34). The van der Waals surface area contributed by atoms with E-state index in [-0.39, 0.29) is 42.4 Å². The Morgan fingerprint density at radius 3 is 2.63 bits per heavy atom. The van der Waals surface area contributed by atoms with Crippen molar-refractivity contribution in [1.29, 1.82) is 0 Å². The van der Waals surface area contributed by atoms with Crippen LogP contribution < -0.4 is 16.4 Å². The molecule has 4 heterocycles. The zero-order valence-corrected chi connectivity index (χ0v) is 23.8. The number of morpholine rings is 1. The summed E-state index contributed by atoms with van der Waals surface area (Å²) < 4.78 is 11.1. The SMILES string of the molecule is CC(C)(C)OC(=O)N1CCc2cc(-c3cnc(N)c(C(=O)Cc4cnccc4N4CCOCC4)n3)ccc2C1CN. The molecule has 1 unspecified atom stereocenters. The number of aromatic nitrogens is 3. The van der Waals surface area contributed by atoms with Gasteiger partial charge in [-0.25, -0.2) is 14.8 Å². The summed E-state index contributed by atoms with van der Waals surface area (Å²) >= 11 is 0. The molecule has 2 aliphatic heterocycles. The molecule has 4 N–H and O–H groups in total. The molecule has 1 amide bonds. The van der Waals surface area contributed by atoms with E-state index in [1.807, 2.05) is 45.0 Å². The summed E-state index contributed by atoms with van der Waals surface area (Å²) in [6.07, 6.45) is 5.39. The van der Waals surface area contributed by atoms with Gasteiger partial charge in [0.25, 0.3) is 0 Å². The average Bonchev–Trinajstić information content (AvgIpc) is 2.96. The molecule has 1 aromatic carbocycles. The first-order chi connectivity index (χ1) is 19.6. The maximum atomic E-state index is 13.5. The van der Waals surface area contributed by atoms with Crippen molar-refractivity contribution in [1.82, 2.24) is 19.9 Å². The van der Waals surface area contributed by atoms with Crippen molar-refractivity contribution in [3.05, 3.63) is 65.2 Å². The van der Waals surface area contributed by atoms with Gasteiger partial charge in [-0.3, -0.25) is 14.7 Å². The van der Waals surface area contributed by atoms with E-state index in [9.17, 15) is 9.59 Å². The molecule has 3 aromatic rings. The van der Waals surface area contributed by atoms with Crippen LogP contribution >= 0.6 is 0 Å². The van der Waals surface area contributed by atoms with Crippen LogP contribution in [-0.2, 0) is 22.3 Å². The van der Waals surface area contributed by atoms with Gasteiger partial charge in [-0.15, -0.1) is 0 Å². The highest BCUT2D eigenvalue weighted by Crippen LogP contribution is 2.33. The van der Waals surface area contributed by atoms with Gasteiger partial charge in [-0.1, -0.05) is 12.1 Å². The van der Waals surface area contributed by atoms with Crippen LogP contribution in [0.1, 0.15) is 54.0 Å². The van der Waals surface area contributed by atoms with Gasteiger partial charge in [0.15, 0.2) is 11.6 Å². The molecule has 2 aliphatic rings. The number of benzene rings is 1. The van der Waals surface area contributed by atoms with Crippen LogP contribution in [0.2, 0.25) is 0 Å². The fourth-order valence-corrected chi connectivity index (χ4v) is 5.33. The number of nitrogens with zero attached hydrogens (tertiary/aromatic N) is 5. The van der Waals surface area contributed by atoms with Crippen molar-refractivity contribution >= 4 is 23.4 Å². The van der Waals surface area contributed by atoms with Crippen molar-refractivity contribution in [2.75, 3.05) is 50.0 Å². The Morgan fingerprint density at radius 1 is 1.12 bits per heavy atom. The van der Waals surface area contributed by atoms with E-state index in [0.717, 1.165) is 41.0 Å². The molecule has 0 spiro atoms. The van der Waals surface area contributed by atoms with Crippen molar-refractivity contribution in [2.24, 2.45) is 5.73 Å². The first-order valence-corrected chi connectivity index (χ1v) is 13.9. The van der Waals surface area contributed by atoms with Crippen LogP contribution in [0.4, 0.5) is 16.3 Å².